The maximum absolute atomic E-state index is 12.9. The van der Waals surface area contributed by atoms with Crippen LogP contribution in [0, 0.1) is 13.8 Å². The highest BCUT2D eigenvalue weighted by atomic mass is 19.4. The van der Waals surface area contributed by atoms with E-state index < -0.39 is 11.7 Å². The molecule has 3 rings (SSSR count). The molecule has 1 N–H and O–H groups in total. The molecule has 0 unspecified atom stereocenters. The Morgan fingerprint density at radius 1 is 1.03 bits per heavy atom. The molecule has 0 fully saturated rings. The molecule has 1 amide bonds. The van der Waals surface area contributed by atoms with E-state index in [1.807, 2.05) is 48.7 Å². The number of carbonyl (C=O) groups excluding carboxylic acids is 1. The number of aromatic nitrogens is 1. The highest BCUT2D eigenvalue weighted by molar-refractivity contribution is 5.94. The van der Waals surface area contributed by atoms with Crippen LogP contribution in [-0.4, -0.2) is 17.6 Å². The molecule has 3 aromatic rings. The molecule has 2 aromatic carbocycles. The van der Waals surface area contributed by atoms with Gasteiger partial charge in [0.1, 0.15) is 11.4 Å². The molecule has 7 heteroatoms. The highest BCUT2D eigenvalue weighted by Gasteiger charge is 2.30. The van der Waals surface area contributed by atoms with Gasteiger partial charge in [0.25, 0.3) is 5.91 Å². The quantitative estimate of drug-likeness (QED) is 0.607. The van der Waals surface area contributed by atoms with Gasteiger partial charge in [-0.3, -0.25) is 4.79 Å². The van der Waals surface area contributed by atoms with Crippen molar-refractivity contribution in [3.8, 4) is 5.75 Å². The molecule has 1 aromatic heterocycles. The second-order valence-corrected chi connectivity index (χ2v) is 7.14. The van der Waals surface area contributed by atoms with E-state index in [9.17, 15) is 18.0 Å². The zero-order valence-corrected chi connectivity index (χ0v) is 17.0. The third-order valence-electron chi connectivity index (χ3n) is 4.89. The van der Waals surface area contributed by atoms with Gasteiger partial charge in [-0.1, -0.05) is 24.3 Å². The molecule has 4 nitrogen and oxygen atoms in total. The number of hydrogen-bond acceptors (Lipinski definition) is 2. The molecular weight excluding hydrogens is 393 g/mol. The lowest BCUT2D eigenvalue weighted by Gasteiger charge is -2.14. The molecule has 0 atom stereocenters. The lowest BCUT2D eigenvalue weighted by atomic mass is 10.1. The Morgan fingerprint density at radius 3 is 2.43 bits per heavy atom. The Bertz CT molecular complexity index is 1050. The van der Waals surface area contributed by atoms with Gasteiger partial charge in [0.2, 0.25) is 0 Å². The first-order valence-electron chi connectivity index (χ1n) is 9.43. The fourth-order valence-electron chi connectivity index (χ4n) is 3.43. The van der Waals surface area contributed by atoms with Crippen LogP contribution >= 0.6 is 0 Å². The van der Waals surface area contributed by atoms with Crippen LogP contribution in [0.1, 0.15) is 38.4 Å². The predicted octanol–water partition coefficient (Wildman–Crippen LogP) is 5.11. The Balaban J connectivity index is 1.79. The lowest BCUT2D eigenvalue weighted by molar-refractivity contribution is -0.137. The number of aryl methyl sites for hydroxylation is 2. The van der Waals surface area contributed by atoms with Crippen LogP contribution in [0.5, 0.6) is 5.75 Å². The number of alkyl halides is 3. The standard InChI is InChI=1S/C23H23F3N2O2/c1-15-10-16(2)28(14-18-7-5-9-20(12-18)30-3)21(15)22(29)27-13-17-6-4-8-19(11-17)23(24,25)26/h4-12H,13-14H2,1-3H3,(H,27,29). The van der Waals surface area contributed by atoms with Gasteiger partial charge >= 0.3 is 6.18 Å². The summed E-state index contributed by atoms with van der Waals surface area (Å²) in [7, 11) is 1.59. The molecule has 0 saturated heterocycles. The van der Waals surface area contributed by atoms with E-state index in [0.717, 1.165) is 34.7 Å². The summed E-state index contributed by atoms with van der Waals surface area (Å²) in [5, 5.41) is 2.75. The summed E-state index contributed by atoms with van der Waals surface area (Å²) in [6.45, 7) is 4.24. The Kier molecular flexibility index (Phi) is 6.20. The first-order valence-corrected chi connectivity index (χ1v) is 9.43. The van der Waals surface area contributed by atoms with E-state index >= 15 is 0 Å². The van der Waals surface area contributed by atoms with Crippen molar-refractivity contribution in [2.24, 2.45) is 0 Å². The fraction of sp³-hybridized carbons (Fsp3) is 0.261. The van der Waals surface area contributed by atoms with Crippen molar-refractivity contribution in [3.05, 3.63) is 88.2 Å². The number of ether oxygens (including phenoxy) is 1. The first kappa shape index (κ1) is 21.5. The van der Waals surface area contributed by atoms with Gasteiger partial charge in [-0.15, -0.1) is 0 Å². The van der Waals surface area contributed by atoms with Crippen LogP contribution < -0.4 is 10.1 Å². The van der Waals surface area contributed by atoms with Crippen molar-refractivity contribution < 1.29 is 22.7 Å². The summed E-state index contributed by atoms with van der Waals surface area (Å²) in [6.07, 6.45) is -4.42. The van der Waals surface area contributed by atoms with Gasteiger partial charge in [0.05, 0.1) is 12.7 Å². The fourth-order valence-corrected chi connectivity index (χ4v) is 3.43. The third-order valence-corrected chi connectivity index (χ3v) is 4.89. The molecule has 0 saturated carbocycles. The number of carbonyl (C=O) groups is 1. The number of benzene rings is 2. The molecule has 0 radical (unpaired) electrons. The number of halogens is 3. The van der Waals surface area contributed by atoms with Gasteiger partial charge in [-0.2, -0.15) is 13.2 Å². The number of rotatable bonds is 6. The van der Waals surface area contributed by atoms with E-state index in [1.54, 1.807) is 13.2 Å². The topological polar surface area (TPSA) is 43.3 Å². The van der Waals surface area contributed by atoms with Crippen LogP contribution in [0.4, 0.5) is 13.2 Å². The van der Waals surface area contributed by atoms with Crippen molar-refractivity contribution in [1.82, 2.24) is 9.88 Å². The number of amides is 1. The van der Waals surface area contributed by atoms with Gasteiger partial charge in [0, 0.05) is 18.8 Å². The van der Waals surface area contributed by atoms with E-state index in [2.05, 4.69) is 5.32 Å². The van der Waals surface area contributed by atoms with Crippen molar-refractivity contribution >= 4 is 5.91 Å². The van der Waals surface area contributed by atoms with Gasteiger partial charge < -0.3 is 14.6 Å². The zero-order valence-electron chi connectivity index (χ0n) is 17.0. The van der Waals surface area contributed by atoms with Crippen LogP contribution in [0.3, 0.4) is 0 Å². The summed E-state index contributed by atoms with van der Waals surface area (Å²) in [5.41, 5.74) is 2.83. The normalized spacial score (nSPS) is 11.4. The van der Waals surface area contributed by atoms with Gasteiger partial charge in [0.15, 0.2) is 0 Å². The summed E-state index contributed by atoms with van der Waals surface area (Å²) >= 11 is 0. The number of hydrogen-bond donors (Lipinski definition) is 1. The van der Waals surface area contributed by atoms with Gasteiger partial charge in [-0.05, 0) is 60.9 Å². The van der Waals surface area contributed by atoms with E-state index in [4.69, 9.17) is 4.74 Å². The zero-order chi connectivity index (χ0) is 21.9. The minimum Gasteiger partial charge on any atom is -0.497 e. The van der Waals surface area contributed by atoms with Crippen molar-refractivity contribution in [2.75, 3.05) is 7.11 Å². The molecule has 0 aliphatic carbocycles. The SMILES string of the molecule is COc1cccc(Cn2c(C)cc(C)c2C(=O)NCc2cccc(C(F)(F)F)c2)c1. The Labute approximate surface area is 173 Å². The molecule has 0 spiro atoms. The van der Waals surface area contributed by atoms with Crippen LogP contribution in [0.15, 0.2) is 54.6 Å². The van der Waals surface area contributed by atoms with Crippen molar-refractivity contribution in [1.29, 1.82) is 0 Å². The summed E-state index contributed by atoms with van der Waals surface area (Å²) in [5.74, 6) is 0.394. The minimum atomic E-state index is -4.42. The molecule has 30 heavy (non-hydrogen) atoms. The number of nitrogens with one attached hydrogen (secondary N) is 1. The highest BCUT2D eigenvalue weighted by Crippen LogP contribution is 2.29. The van der Waals surface area contributed by atoms with Crippen LogP contribution in [-0.2, 0) is 19.3 Å². The predicted molar refractivity (Wildman–Crippen MR) is 109 cm³/mol. The smallest absolute Gasteiger partial charge is 0.416 e. The van der Waals surface area contributed by atoms with Crippen LogP contribution in [0.25, 0.3) is 0 Å². The average Bonchev–Trinajstić information content (AvgIpc) is 2.99. The Morgan fingerprint density at radius 2 is 1.73 bits per heavy atom. The molecule has 1 heterocycles. The first-order chi connectivity index (χ1) is 14.2. The monoisotopic (exact) mass is 416 g/mol. The molecule has 0 aliphatic heterocycles. The van der Waals surface area contributed by atoms with Crippen molar-refractivity contribution in [2.45, 2.75) is 33.1 Å². The third kappa shape index (κ3) is 4.84. The molecular formula is C23H23F3N2O2. The molecule has 0 bridgehead atoms. The average molecular weight is 416 g/mol. The second-order valence-electron chi connectivity index (χ2n) is 7.14. The lowest BCUT2D eigenvalue weighted by Crippen LogP contribution is -2.27. The van der Waals surface area contributed by atoms with E-state index in [-0.39, 0.29) is 12.5 Å². The molecule has 158 valence electrons. The maximum Gasteiger partial charge on any atom is 0.416 e. The summed E-state index contributed by atoms with van der Waals surface area (Å²) < 4.78 is 45.9. The van der Waals surface area contributed by atoms with E-state index in [0.29, 0.717) is 17.8 Å². The summed E-state index contributed by atoms with van der Waals surface area (Å²) in [6, 6.07) is 14.5. The number of nitrogens with zero attached hydrogens (tertiary/aromatic N) is 1. The van der Waals surface area contributed by atoms with E-state index in [1.165, 1.54) is 6.07 Å². The minimum absolute atomic E-state index is 0.00554. The second kappa shape index (κ2) is 8.65. The maximum atomic E-state index is 12.9. The number of methoxy groups -OCH3 is 1. The summed E-state index contributed by atoms with van der Waals surface area (Å²) in [4.78, 5) is 12.9. The Hall–Kier alpha value is -3.22. The van der Waals surface area contributed by atoms with Crippen molar-refractivity contribution in [3.63, 3.8) is 0 Å². The van der Waals surface area contributed by atoms with Crippen LogP contribution in [0.2, 0.25) is 0 Å². The van der Waals surface area contributed by atoms with Gasteiger partial charge in [-0.25, -0.2) is 0 Å². The molecule has 0 aliphatic rings. The largest absolute Gasteiger partial charge is 0.497 e.